The maximum atomic E-state index is 12.8. The van der Waals surface area contributed by atoms with Crippen molar-refractivity contribution in [1.29, 1.82) is 0 Å². The lowest BCUT2D eigenvalue weighted by molar-refractivity contribution is -0.150. The minimum absolute atomic E-state index is 0.0668. The van der Waals surface area contributed by atoms with Gasteiger partial charge in [-0.1, -0.05) is 36.8 Å². The van der Waals surface area contributed by atoms with Gasteiger partial charge in [-0.2, -0.15) is 0 Å². The summed E-state index contributed by atoms with van der Waals surface area (Å²) in [5.41, 5.74) is 0.619. The van der Waals surface area contributed by atoms with Crippen molar-refractivity contribution in [2.24, 2.45) is 5.92 Å². The van der Waals surface area contributed by atoms with Crippen LogP contribution in [0.4, 0.5) is 0 Å². The molecule has 1 fully saturated rings. The third kappa shape index (κ3) is 5.41. The normalized spacial score (nSPS) is 20.2. The smallest absolute Gasteiger partial charge is 0.323 e. The second-order valence-corrected chi connectivity index (χ2v) is 7.45. The van der Waals surface area contributed by atoms with Crippen molar-refractivity contribution in [3.63, 3.8) is 0 Å². The number of carbonyl (C=O) groups excluding carboxylic acids is 2. The van der Waals surface area contributed by atoms with Gasteiger partial charge in [-0.15, -0.1) is 0 Å². The number of carbonyl (C=O) groups is 3. The molecule has 1 amide bonds. The van der Waals surface area contributed by atoms with Gasteiger partial charge in [0.2, 0.25) is 5.91 Å². The predicted molar refractivity (Wildman–Crippen MR) is 95.2 cm³/mol. The highest BCUT2D eigenvalue weighted by Crippen LogP contribution is 2.31. The van der Waals surface area contributed by atoms with Gasteiger partial charge in [-0.05, 0) is 38.7 Å². The SMILES string of the molecule is CC1(C)CCC[C@H](CC(=O)CCc2ccccc2)C(=O)N1CC(=O)O. The van der Waals surface area contributed by atoms with Crippen molar-refractivity contribution in [3.05, 3.63) is 35.9 Å². The van der Waals surface area contributed by atoms with Crippen LogP contribution in [0.15, 0.2) is 30.3 Å². The zero-order valence-corrected chi connectivity index (χ0v) is 15.0. The summed E-state index contributed by atoms with van der Waals surface area (Å²) in [6, 6.07) is 9.80. The number of likely N-dealkylation sites (tertiary alicyclic amines) is 1. The van der Waals surface area contributed by atoms with Crippen LogP contribution in [-0.2, 0) is 20.8 Å². The van der Waals surface area contributed by atoms with E-state index in [0.29, 0.717) is 19.3 Å². The monoisotopic (exact) mass is 345 g/mol. The molecule has 1 aliphatic heterocycles. The van der Waals surface area contributed by atoms with E-state index in [4.69, 9.17) is 5.11 Å². The molecule has 0 aliphatic carbocycles. The molecular formula is C20H27NO4. The van der Waals surface area contributed by atoms with E-state index in [1.807, 2.05) is 44.2 Å². The number of benzene rings is 1. The molecule has 1 aliphatic rings. The minimum atomic E-state index is -1.02. The Morgan fingerprint density at radius 3 is 2.56 bits per heavy atom. The summed E-state index contributed by atoms with van der Waals surface area (Å²) >= 11 is 0. The van der Waals surface area contributed by atoms with Crippen LogP contribution < -0.4 is 0 Å². The fourth-order valence-electron chi connectivity index (χ4n) is 3.48. The fraction of sp³-hybridized carbons (Fsp3) is 0.550. The number of nitrogens with zero attached hydrogens (tertiary/aromatic N) is 1. The molecule has 1 aromatic carbocycles. The quantitative estimate of drug-likeness (QED) is 0.824. The molecule has 1 aromatic rings. The Morgan fingerprint density at radius 2 is 1.92 bits per heavy atom. The molecule has 1 atom stereocenters. The van der Waals surface area contributed by atoms with Crippen LogP contribution in [-0.4, -0.2) is 39.7 Å². The van der Waals surface area contributed by atoms with Gasteiger partial charge in [0.25, 0.3) is 0 Å². The largest absolute Gasteiger partial charge is 0.480 e. The van der Waals surface area contributed by atoms with Crippen molar-refractivity contribution in [2.75, 3.05) is 6.54 Å². The number of amides is 1. The van der Waals surface area contributed by atoms with E-state index >= 15 is 0 Å². The first-order valence-corrected chi connectivity index (χ1v) is 8.88. The first-order valence-electron chi connectivity index (χ1n) is 8.88. The lowest BCUT2D eigenvalue weighted by Gasteiger charge is -2.37. The zero-order valence-electron chi connectivity index (χ0n) is 15.0. The summed E-state index contributed by atoms with van der Waals surface area (Å²) in [7, 11) is 0. The van der Waals surface area contributed by atoms with Crippen LogP contribution in [0.25, 0.3) is 0 Å². The Morgan fingerprint density at radius 1 is 1.24 bits per heavy atom. The number of rotatable bonds is 7. The molecule has 0 saturated carbocycles. The third-order valence-corrected chi connectivity index (χ3v) is 4.99. The number of hydrogen-bond acceptors (Lipinski definition) is 3. The van der Waals surface area contributed by atoms with Crippen LogP contribution in [0.1, 0.15) is 51.5 Å². The highest BCUT2D eigenvalue weighted by molar-refractivity contribution is 5.89. The van der Waals surface area contributed by atoms with Gasteiger partial charge in [0.15, 0.2) is 0 Å². The van der Waals surface area contributed by atoms with Gasteiger partial charge < -0.3 is 10.0 Å². The molecule has 1 N–H and O–H groups in total. The van der Waals surface area contributed by atoms with Gasteiger partial charge in [0, 0.05) is 24.3 Å². The van der Waals surface area contributed by atoms with Crippen molar-refractivity contribution in [2.45, 2.75) is 57.9 Å². The summed E-state index contributed by atoms with van der Waals surface area (Å²) in [6.45, 7) is 3.49. The number of aliphatic carboxylic acids is 1. The van der Waals surface area contributed by atoms with E-state index in [9.17, 15) is 14.4 Å². The zero-order chi connectivity index (χ0) is 18.4. The minimum Gasteiger partial charge on any atom is -0.480 e. The van der Waals surface area contributed by atoms with Crippen molar-refractivity contribution >= 4 is 17.7 Å². The molecule has 5 nitrogen and oxygen atoms in total. The van der Waals surface area contributed by atoms with Crippen molar-refractivity contribution < 1.29 is 19.5 Å². The number of ketones is 1. The van der Waals surface area contributed by atoms with Gasteiger partial charge in [-0.3, -0.25) is 14.4 Å². The third-order valence-electron chi connectivity index (χ3n) is 4.99. The van der Waals surface area contributed by atoms with E-state index in [1.165, 1.54) is 4.90 Å². The Balaban J connectivity index is 1.98. The topological polar surface area (TPSA) is 74.7 Å². The summed E-state index contributed by atoms with van der Waals surface area (Å²) in [5.74, 6) is -1.54. The van der Waals surface area contributed by atoms with Gasteiger partial charge in [0.1, 0.15) is 12.3 Å². The van der Waals surface area contributed by atoms with E-state index in [0.717, 1.165) is 18.4 Å². The molecule has 1 heterocycles. The number of carboxylic acid groups (broad SMARTS) is 1. The van der Waals surface area contributed by atoms with Gasteiger partial charge in [0.05, 0.1) is 0 Å². The Labute approximate surface area is 149 Å². The van der Waals surface area contributed by atoms with Crippen LogP contribution >= 0.6 is 0 Å². The second kappa shape index (κ2) is 8.28. The number of hydrogen-bond donors (Lipinski definition) is 1. The van der Waals surface area contributed by atoms with Crippen LogP contribution in [0.3, 0.4) is 0 Å². The number of carboxylic acids is 1. The fourth-order valence-corrected chi connectivity index (χ4v) is 3.48. The second-order valence-electron chi connectivity index (χ2n) is 7.45. The molecule has 1 saturated heterocycles. The summed E-state index contributed by atoms with van der Waals surface area (Å²) in [6.07, 6.45) is 3.51. The molecule has 0 bridgehead atoms. The van der Waals surface area contributed by atoms with Gasteiger partial charge >= 0.3 is 5.97 Å². The Kier molecular flexibility index (Phi) is 6.34. The van der Waals surface area contributed by atoms with E-state index < -0.39 is 17.4 Å². The number of aryl methyl sites for hydroxylation is 1. The molecule has 0 spiro atoms. The van der Waals surface area contributed by atoms with E-state index in [2.05, 4.69) is 0 Å². The van der Waals surface area contributed by atoms with Crippen molar-refractivity contribution in [1.82, 2.24) is 4.90 Å². The predicted octanol–water partition coefficient (Wildman–Crippen LogP) is 3.07. The highest BCUT2D eigenvalue weighted by Gasteiger charge is 2.39. The Bertz CT molecular complexity index is 624. The molecule has 25 heavy (non-hydrogen) atoms. The molecule has 5 heteroatoms. The standard InChI is InChI=1S/C20H27NO4/c1-20(2)12-6-9-16(19(25)21(20)14-18(23)24)13-17(22)11-10-15-7-4-3-5-8-15/h3-5,7-8,16H,6,9-14H2,1-2H3,(H,23,24)/t16-/m1/s1. The molecule has 2 rings (SSSR count). The summed E-state index contributed by atoms with van der Waals surface area (Å²) in [4.78, 5) is 37.7. The summed E-state index contributed by atoms with van der Waals surface area (Å²) in [5, 5.41) is 9.13. The highest BCUT2D eigenvalue weighted by atomic mass is 16.4. The molecule has 0 unspecified atom stereocenters. The van der Waals surface area contributed by atoms with E-state index in [-0.39, 0.29) is 24.7 Å². The lowest BCUT2D eigenvalue weighted by Crippen LogP contribution is -2.50. The van der Waals surface area contributed by atoms with Gasteiger partial charge in [-0.25, -0.2) is 0 Å². The van der Waals surface area contributed by atoms with Crippen LogP contribution in [0.2, 0.25) is 0 Å². The molecule has 0 radical (unpaired) electrons. The first-order chi connectivity index (χ1) is 11.8. The Hall–Kier alpha value is -2.17. The van der Waals surface area contributed by atoms with Crippen molar-refractivity contribution in [3.8, 4) is 0 Å². The maximum absolute atomic E-state index is 12.8. The molecule has 0 aromatic heterocycles. The average molecular weight is 345 g/mol. The molecule has 136 valence electrons. The van der Waals surface area contributed by atoms with E-state index in [1.54, 1.807) is 0 Å². The number of Topliss-reactive ketones (excluding diaryl/α,β-unsaturated/α-hetero) is 1. The lowest BCUT2D eigenvalue weighted by atomic mass is 9.93. The summed E-state index contributed by atoms with van der Waals surface area (Å²) < 4.78 is 0. The average Bonchev–Trinajstić information content (AvgIpc) is 2.65. The first kappa shape index (κ1) is 19.2. The van der Waals surface area contributed by atoms with Crippen LogP contribution in [0.5, 0.6) is 0 Å². The maximum Gasteiger partial charge on any atom is 0.323 e. The van der Waals surface area contributed by atoms with Crippen LogP contribution in [0, 0.1) is 5.92 Å². The molecular weight excluding hydrogens is 318 g/mol.